The minimum Gasteiger partial charge on any atom is -0.483 e. The summed E-state index contributed by atoms with van der Waals surface area (Å²) >= 11 is 0. The Labute approximate surface area is 225 Å². The van der Waals surface area contributed by atoms with Crippen molar-refractivity contribution in [1.82, 2.24) is 24.0 Å². The molecule has 0 radical (unpaired) electrons. The van der Waals surface area contributed by atoms with E-state index < -0.39 is 23.6 Å². The number of benzene rings is 1. The predicted molar refractivity (Wildman–Crippen MR) is 148 cm³/mol. The number of carbonyl (C=O) groups excluding carboxylic acids is 2. The van der Waals surface area contributed by atoms with Gasteiger partial charge in [0.15, 0.2) is 23.6 Å². The number of aryl methyl sites for hydroxylation is 1. The number of imidazole rings is 1. The molecule has 1 aliphatic rings. The first-order valence-corrected chi connectivity index (χ1v) is 13.1. The van der Waals surface area contributed by atoms with Gasteiger partial charge in [-0.05, 0) is 38.8 Å². The summed E-state index contributed by atoms with van der Waals surface area (Å²) in [4.78, 5) is 59.0. The van der Waals surface area contributed by atoms with Crippen molar-refractivity contribution in [1.29, 1.82) is 0 Å². The van der Waals surface area contributed by atoms with Gasteiger partial charge in [0.1, 0.15) is 5.75 Å². The number of fused-ring (bicyclic) bond motifs is 1. The Morgan fingerprint density at radius 2 is 2.00 bits per heavy atom. The van der Waals surface area contributed by atoms with Crippen LogP contribution >= 0.6 is 0 Å². The molecule has 1 aliphatic heterocycles. The Hall–Kier alpha value is -4.19. The number of allylic oxidation sites excluding steroid dienone is 2. The quantitative estimate of drug-likeness (QED) is 0.285. The molecule has 3 heterocycles. The van der Waals surface area contributed by atoms with E-state index in [2.05, 4.69) is 5.32 Å². The van der Waals surface area contributed by atoms with Crippen LogP contribution in [0.3, 0.4) is 0 Å². The number of ether oxygens (including phenoxy) is 1. The molecule has 1 atom stereocenters. The third kappa shape index (κ3) is 5.80. The van der Waals surface area contributed by atoms with Gasteiger partial charge in [0.25, 0.3) is 11.5 Å². The molecule has 1 amide bonds. The lowest BCUT2D eigenvalue weighted by Crippen LogP contribution is -2.44. The van der Waals surface area contributed by atoms with E-state index >= 15 is 0 Å². The highest BCUT2D eigenvalue weighted by Gasteiger charge is 2.27. The number of likely N-dealkylation sites (N-methyl/N-ethyl adjacent to an activating group) is 1. The summed E-state index contributed by atoms with van der Waals surface area (Å²) in [7, 11) is 1.53. The van der Waals surface area contributed by atoms with E-state index in [-0.39, 0.29) is 41.0 Å². The van der Waals surface area contributed by atoms with Gasteiger partial charge < -0.3 is 25.3 Å². The van der Waals surface area contributed by atoms with E-state index in [9.17, 15) is 19.2 Å². The van der Waals surface area contributed by atoms with Crippen LogP contribution in [0.4, 0.5) is 5.95 Å². The fourth-order valence-electron chi connectivity index (χ4n) is 4.76. The van der Waals surface area contributed by atoms with Crippen LogP contribution in [0.2, 0.25) is 0 Å². The summed E-state index contributed by atoms with van der Waals surface area (Å²) in [6.45, 7) is 5.06. The van der Waals surface area contributed by atoms with Crippen molar-refractivity contribution in [2.75, 3.05) is 31.1 Å². The van der Waals surface area contributed by atoms with Crippen LogP contribution in [0.5, 0.6) is 5.75 Å². The van der Waals surface area contributed by atoms with Gasteiger partial charge in [0.2, 0.25) is 5.95 Å². The molecule has 1 saturated heterocycles. The molecule has 0 aliphatic carbocycles. The number of rotatable bonds is 10. The Kier molecular flexibility index (Phi) is 8.65. The Balaban J connectivity index is 1.75. The van der Waals surface area contributed by atoms with Crippen LogP contribution in [0, 0.1) is 0 Å². The van der Waals surface area contributed by atoms with Crippen molar-refractivity contribution in [3.63, 3.8) is 0 Å². The van der Waals surface area contributed by atoms with Crippen molar-refractivity contribution in [2.24, 2.45) is 12.8 Å². The van der Waals surface area contributed by atoms with Gasteiger partial charge in [-0.1, -0.05) is 24.3 Å². The number of nitrogens with zero attached hydrogens (tertiary/aromatic N) is 5. The fourth-order valence-corrected chi connectivity index (χ4v) is 4.76. The number of nitrogens with two attached hydrogens (primary N) is 1. The number of piperidine rings is 1. The summed E-state index contributed by atoms with van der Waals surface area (Å²) in [5.74, 6) is -0.0583. The summed E-state index contributed by atoms with van der Waals surface area (Å²) in [6, 6.07) is 6.42. The highest BCUT2D eigenvalue weighted by Crippen LogP contribution is 2.23. The summed E-state index contributed by atoms with van der Waals surface area (Å²) in [6.07, 6.45) is 5.58. The molecule has 4 rings (SSSR count). The molecule has 3 aromatic rings. The summed E-state index contributed by atoms with van der Waals surface area (Å²) < 4.78 is 9.56. The van der Waals surface area contributed by atoms with Gasteiger partial charge in [-0.25, -0.2) is 4.79 Å². The number of hydrogen-bond donors (Lipinski definition) is 2. The smallest absolute Gasteiger partial charge is 0.332 e. The molecular weight excluding hydrogens is 502 g/mol. The largest absolute Gasteiger partial charge is 0.483 e. The Morgan fingerprint density at radius 1 is 1.23 bits per heavy atom. The van der Waals surface area contributed by atoms with Gasteiger partial charge >= 0.3 is 5.69 Å². The zero-order chi connectivity index (χ0) is 28.1. The molecule has 1 aromatic carbocycles. The van der Waals surface area contributed by atoms with E-state index in [1.54, 1.807) is 29.7 Å². The number of carbonyl (C=O) groups is 2. The van der Waals surface area contributed by atoms with Crippen LogP contribution in [-0.4, -0.2) is 62.7 Å². The van der Waals surface area contributed by atoms with Crippen molar-refractivity contribution in [2.45, 2.75) is 45.8 Å². The maximum Gasteiger partial charge on any atom is 0.332 e. The molecule has 2 aromatic heterocycles. The minimum atomic E-state index is -0.654. The molecular formula is C27H35N7O5. The van der Waals surface area contributed by atoms with Crippen LogP contribution in [0.25, 0.3) is 11.2 Å². The number of anilines is 1. The van der Waals surface area contributed by atoms with Crippen molar-refractivity contribution >= 4 is 28.8 Å². The van der Waals surface area contributed by atoms with Crippen LogP contribution < -0.4 is 31.9 Å². The molecule has 39 heavy (non-hydrogen) atoms. The van der Waals surface area contributed by atoms with Crippen molar-refractivity contribution in [3.05, 3.63) is 62.8 Å². The van der Waals surface area contributed by atoms with Crippen LogP contribution in [-0.2, 0) is 24.9 Å². The highest BCUT2D eigenvalue weighted by atomic mass is 16.5. The topological polar surface area (TPSA) is 146 Å². The van der Waals surface area contributed by atoms with E-state index in [0.717, 1.165) is 24.0 Å². The van der Waals surface area contributed by atoms with E-state index in [4.69, 9.17) is 15.5 Å². The van der Waals surface area contributed by atoms with E-state index in [1.807, 2.05) is 24.0 Å². The van der Waals surface area contributed by atoms with Gasteiger partial charge in [0.05, 0.1) is 12.1 Å². The number of amides is 1. The number of aromatic nitrogens is 4. The Morgan fingerprint density at radius 3 is 2.72 bits per heavy atom. The molecule has 0 saturated carbocycles. The standard InChI is InChI=1S/C27H35N7O5/c1-4-6-14-33-23-24(30-26(33)32-13-9-10-18(28)15-32)31(3)27(38)34(25(23)37)16-20(35)19-11-7-8-12-21(19)39-17-22(36)29-5-2/h4,6-8,11-12,18H,5,9-10,13-17,28H2,1-3H3,(H,29,36)/t18-/m0/s1. The first kappa shape index (κ1) is 27.8. The lowest BCUT2D eigenvalue weighted by atomic mass is 10.1. The fraction of sp³-hybridized carbons (Fsp3) is 0.444. The minimum absolute atomic E-state index is 0.0119. The number of hydrogen-bond acceptors (Lipinski definition) is 8. The van der Waals surface area contributed by atoms with E-state index in [1.165, 1.54) is 17.7 Å². The van der Waals surface area contributed by atoms with Gasteiger partial charge in [-0.3, -0.25) is 23.5 Å². The zero-order valence-corrected chi connectivity index (χ0v) is 22.6. The number of para-hydroxylation sites is 1. The highest BCUT2D eigenvalue weighted by molar-refractivity contribution is 5.98. The monoisotopic (exact) mass is 537 g/mol. The second-order valence-corrected chi connectivity index (χ2v) is 9.51. The average Bonchev–Trinajstić information content (AvgIpc) is 3.32. The summed E-state index contributed by atoms with van der Waals surface area (Å²) in [5, 5.41) is 2.63. The third-order valence-electron chi connectivity index (χ3n) is 6.70. The molecule has 208 valence electrons. The van der Waals surface area contributed by atoms with Crippen LogP contribution in [0.15, 0.2) is 46.0 Å². The van der Waals surface area contributed by atoms with Crippen LogP contribution in [0.1, 0.15) is 37.0 Å². The van der Waals surface area contributed by atoms with Gasteiger partial charge in [-0.15, -0.1) is 0 Å². The third-order valence-corrected chi connectivity index (χ3v) is 6.70. The molecule has 12 nitrogen and oxygen atoms in total. The average molecular weight is 538 g/mol. The van der Waals surface area contributed by atoms with Gasteiger partial charge in [0, 0.05) is 39.3 Å². The summed E-state index contributed by atoms with van der Waals surface area (Å²) in [5.41, 5.74) is 5.60. The first-order valence-electron chi connectivity index (χ1n) is 13.1. The lowest BCUT2D eigenvalue weighted by molar-refractivity contribution is -0.123. The second-order valence-electron chi connectivity index (χ2n) is 9.51. The van der Waals surface area contributed by atoms with E-state index in [0.29, 0.717) is 25.6 Å². The second kappa shape index (κ2) is 12.1. The molecule has 0 unspecified atom stereocenters. The van der Waals surface area contributed by atoms with Crippen molar-refractivity contribution < 1.29 is 14.3 Å². The number of nitrogens with one attached hydrogen (secondary N) is 1. The number of Topliss-reactive ketones (excluding diaryl/α,β-unsaturated/α-hetero) is 1. The Bertz CT molecular complexity index is 1520. The normalized spacial score (nSPS) is 15.7. The van der Waals surface area contributed by atoms with Crippen molar-refractivity contribution in [3.8, 4) is 5.75 Å². The maximum atomic E-state index is 13.8. The molecule has 0 spiro atoms. The first-order chi connectivity index (χ1) is 18.8. The number of ketones is 1. The maximum absolute atomic E-state index is 13.8. The SMILES string of the molecule is CC=CCn1c(N2CCC[C@H](N)C2)nc2c1c(=O)n(CC(=O)c1ccccc1OCC(=O)NCC)c(=O)n2C. The molecule has 3 N–H and O–H groups in total. The molecule has 0 bridgehead atoms. The molecule has 1 fully saturated rings. The zero-order valence-electron chi connectivity index (χ0n) is 22.6. The van der Waals surface area contributed by atoms with Gasteiger partial charge in [-0.2, -0.15) is 4.98 Å². The lowest BCUT2D eigenvalue weighted by Gasteiger charge is -2.31. The predicted octanol–water partition coefficient (Wildman–Crippen LogP) is 0.798. The molecule has 12 heteroatoms.